The number of aromatic hydroxyl groups is 1. The van der Waals surface area contributed by atoms with Crippen LogP contribution in [0, 0.1) is 13.8 Å². The Labute approximate surface area is 120 Å². The van der Waals surface area contributed by atoms with Crippen molar-refractivity contribution in [2.45, 2.75) is 33.4 Å². The molecule has 0 atom stereocenters. The van der Waals surface area contributed by atoms with E-state index in [9.17, 15) is 5.11 Å². The minimum absolute atomic E-state index is 0.368. The number of rotatable bonds is 2. The summed E-state index contributed by atoms with van der Waals surface area (Å²) < 4.78 is 0. The van der Waals surface area contributed by atoms with Gasteiger partial charge in [-0.15, -0.1) is 0 Å². The average molecular weight is 267 g/mol. The molecular weight excluding hydrogens is 246 g/mol. The fourth-order valence-corrected chi connectivity index (χ4v) is 3.13. The van der Waals surface area contributed by atoms with Crippen molar-refractivity contribution in [2.24, 2.45) is 0 Å². The van der Waals surface area contributed by atoms with E-state index in [2.05, 4.69) is 43.0 Å². The molecule has 0 saturated carbocycles. The largest absolute Gasteiger partial charge is 0.508 e. The Bertz CT molecular complexity index is 610. The van der Waals surface area contributed by atoms with E-state index in [0.717, 1.165) is 26.1 Å². The van der Waals surface area contributed by atoms with Crippen LogP contribution in [-0.2, 0) is 19.5 Å². The minimum atomic E-state index is 0.368. The number of nitrogens with zero attached hydrogens (tertiary/aromatic N) is 1. The zero-order chi connectivity index (χ0) is 14.1. The number of hydrogen-bond donors (Lipinski definition) is 1. The highest BCUT2D eigenvalue weighted by Crippen LogP contribution is 2.25. The number of hydrogen-bond acceptors (Lipinski definition) is 2. The lowest BCUT2D eigenvalue weighted by Gasteiger charge is -2.29. The maximum Gasteiger partial charge on any atom is 0.116 e. The molecule has 0 unspecified atom stereocenters. The lowest BCUT2D eigenvalue weighted by molar-refractivity contribution is 0.244. The van der Waals surface area contributed by atoms with E-state index >= 15 is 0 Å². The molecule has 3 rings (SSSR count). The first-order valence-corrected chi connectivity index (χ1v) is 7.22. The van der Waals surface area contributed by atoms with E-state index in [1.807, 2.05) is 12.1 Å². The first-order chi connectivity index (χ1) is 9.63. The smallest absolute Gasteiger partial charge is 0.116 e. The first kappa shape index (κ1) is 13.2. The van der Waals surface area contributed by atoms with Crippen molar-refractivity contribution >= 4 is 0 Å². The monoisotopic (exact) mass is 267 g/mol. The van der Waals surface area contributed by atoms with Crippen LogP contribution >= 0.6 is 0 Å². The maximum absolute atomic E-state index is 9.64. The molecule has 104 valence electrons. The van der Waals surface area contributed by atoms with Crippen LogP contribution in [0.1, 0.15) is 27.8 Å². The molecule has 1 aliphatic heterocycles. The van der Waals surface area contributed by atoms with Crippen molar-refractivity contribution in [1.82, 2.24) is 4.90 Å². The lowest BCUT2D eigenvalue weighted by Crippen LogP contribution is -2.30. The topological polar surface area (TPSA) is 23.5 Å². The van der Waals surface area contributed by atoms with Crippen molar-refractivity contribution in [3.05, 3.63) is 64.2 Å². The van der Waals surface area contributed by atoms with Crippen molar-refractivity contribution in [3.63, 3.8) is 0 Å². The molecule has 2 heteroatoms. The predicted molar refractivity (Wildman–Crippen MR) is 81.8 cm³/mol. The van der Waals surface area contributed by atoms with Crippen LogP contribution in [0.5, 0.6) is 5.75 Å². The third-order valence-corrected chi connectivity index (χ3v) is 4.27. The normalized spacial score (nSPS) is 15.1. The van der Waals surface area contributed by atoms with E-state index < -0.39 is 0 Å². The van der Waals surface area contributed by atoms with Crippen LogP contribution in [-0.4, -0.2) is 16.6 Å². The van der Waals surface area contributed by atoms with Crippen molar-refractivity contribution in [3.8, 4) is 5.75 Å². The number of aryl methyl sites for hydroxylation is 2. The molecule has 2 nitrogen and oxygen atoms in total. The molecule has 20 heavy (non-hydrogen) atoms. The lowest BCUT2D eigenvalue weighted by atomic mass is 9.97. The van der Waals surface area contributed by atoms with Gasteiger partial charge in [0.25, 0.3) is 0 Å². The summed E-state index contributed by atoms with van der Waals surface area (Å²) in [5, 5.41) is 9.64. The molecule has 1 aliphatic rings. The first-order valence-electron chi connectivity index (χ1n) is 7.22. The fourth-order valence-electron chi connectivity index (χ4n) is 3.13. The highest BCUT2D eigenvalue weighted by Gasteiger charge is 2.17. The van der Waals surface area contributed by atoms with Gasteiger partial charge in [0.1, 0.15) is 5.75 Å². The molecular formula is C18H21NO. The van der Waals surface area contributed by atoms with Crippen LogP contribution < -0.4 is 0 Å². The molecule has 0 fully saturated rings. The minimum Gasteiger partial charge on any atom is -0.508 e. The Morgan fingerprint density at radius 1 is 1.05 bits per heavy atom. The van der Waals surface area contributed by atoms with E-state index in [0.29, 0.717) is 5.75 Å². The average Bonchev–Trinajstić information content (AvgIpc) is 2.42. The third-order valence-electron chi connectivity index (χ3n) is 4.27. The van der Waals surface area contributed by atoms with Gasteiger partial charge in [-0.2, -0.15) is 0 Å². The Morgan fingerprint density at radius 2 is 1.70 bits per heavy atom. The molecule has 0 spiro atoms. The van der Waals surface area contributed by atoms with E-state index in [1.165, 1.54) is 27.8 Å². The number of fused-ring (bicyclic) bond motifs is 1. The summed E-state index contributed by atoms with van der Waals surface area (Å²) >= 11 is 0. The molecule has 1 heterocycles. The SMILES string of the molecule is Cc1cc(O)cc(C)c1CN1CCc2ccccc2C1. The standard InChI is InChI=1S/C18H21NO/c1-13-9-17(20)10-14(2)18(13)12-19-8-7-15-5-3-4-6-16(15)11-19/h3-6,9-10,20H,7-8,11-12H2,1-2H3. The second-order valence-electron chi connectivity index (χ2n) is 5.79. The quantitative estimate of drug-likeness (QED) is 0.899. The summed E-state index contributed by atoms with van der Waals surface area (Å²) in [6.45, 7) is 7.26. The fraction of sp³-hybridized carbons (Fsp3) is 0.333. The summed E-state index contributed by atoms with van der Waals surface area (Å²) in [6, 6.07) is 12.4. The van der Waals surface area contributed by atoms with E-state index in [-0.39, 0.29) is 0 Å². The summed E-state index contributed by atoms with van der Waals surface area (Å²) in [6.07, 6.45) is 1.13. The molecule has 0 aromatic heterocycles. The molecule has 0 aliphatic carbocycles. The predicted octanol–water partition coefficient (Wildman–Crippen LogP) is 3.57. The zero-order valence-corrected chi connectivity index (χ0v) is 12.2. The van der Waals surface area contributed by atoms with Gasteiger partial charge in [0, 0.05) is 19.6 Å². The van der Waals surface area contributed by atoms with Crippen molar-refractivity contribution in [1.29, 1.82) is 0 Å². The van der Waals surface area contributed by atoms with Gasteiger partial charge in [-0.25, -0.2) is 0 Å². The molecule has 0 amide bonds. The zero-order valence-electron chi connectivity index (χ0n) is 12.2. The molecule has 2 aromatic carbocycles. The summed E-state index contributed by atoms with van der Waals surface area (Å²) in [7, 11) is 0. The molecule has 2 aromatic rings. The maximum atomic E-state index is 9.64. The van der Waals surface area contributed by atoms with E-state index in [1.54, 1.807) is 0 Å². The van der Waals surface area contributed by atoms with Crippen LogP contribution in [0.2, 0.25) is 0 Å². The third kappa shape index (κ3) is 2.56. The molecule has 1 N–H and O–H groups in total. The van der Waals surface area contributed by atoms with Gasteiger partial charge < -0.3 is 5.11 Å². The summed E-state index contributed by atoms with van der Waals surface area (Å²) in [5.74, 6) is 0.368. The Kier molecular flexibility index (Phi) is 3.49. The Morgan fingerprint density at radius 3 is 2.40 bits per heavy atom. The van der Waals surface area contributed by atoms with Gasteiger partial charge in [0.05, 0.1) is 0 Å². The van der Waals surface area contributed by atoms with Gasteiger partial charge in [0.15, 0.2) is 0 Å². The van der Waals surface area contributed by atoms with Gasteiger partial charge >= 0.3 is 0 Å². The second-order valence-corrected chi connectivity index (χ2v) is 5.79. The number of benzene rings is 2. The Balaban J connectivity index is 1.80. The van der Waals surface area contributed by atoms with Crippen LogP contribution in [0.3, 0.4) is 0 Å². The van der Waals surface area contributed by atoms with Crippen LogP contribution in [0.15, 0.2) is 36.4 Å². The highest BCUT2D eigenvalue weighted by molar-refractivity contribution is 5.40. The van der Waals surface area contributed by atoms with Crippen molar-refractivity contribution in [2.75, 3.05) is 6.54 Å². The van der Waals surface area contributed by atoms with Gasteiger partial charge in [-0.3, -0.25) is 4.90 Å². The number of phenolic OH excluding ortho intramolecular Hbond substituents is 1. The van der Waals surface area contributed by atoms with Gasteiger partial charge in [0.2, 0.25) is 0 Å². The van der Waals surface area contributed by atoms with Crippen molar-refractivity contribution < 1.29 is 5.11 Å². The highest BCUT2D eigenvalue weighted by atomic mass is 16.3. The van der Waals surface area contributed by atoms with Crippen LogP contribution in [0.4, 0.5) is 0 Å². The van der Waals surface area contributed by atoms with E-state index in [4.69, 9.17) is 0 Å². The van der Waals surface area contributed by atoms with Crippen LogP contribution in [0.25, 0.3) is 0 Å². The summed E-state index contributed by atoms with van der Waals surface area (Å²) in [4.78, 5) is 2.49. The molecule has 0 saturated heterocycles. The molecule has 0 bridgehead atoms. The second kappa shape index (κ2) is 5.29. The number of phenols is 1. The summed E-state index contributed by atoms with van der Waals surface area (Å²) in [5.41, 5.74) is 6.65. The Hall–Kier alpha value is -1.80. The van der Waals surface area contributed by atoms with Gasteiger partial charge in [-0.1, -0.05) is 24.3 Å². The van der Waals surface area contributed by atoms with Gasteiger partial charge in [-0.05, 0) is 60.2 Å². The molecule has 0 radical (unpaired) electrons.